The molecule has 4 N–H and O–H groups in total. The van der Waals surface area contributed by atoms with Gasteiger partial charge in [-0.15, -0.1) is 24.8 Å². The van der Waals surface area contributed by atoms with Gasteiger partial charge in [-0.25, -0.2) is 0 Å². The number of nitrogens with two attached hydrogens (primary N) is 2. The molecule has 0 aromatic heterocycles. The Kier molecular flexibility index (Phi) is 6.37. The van der Waals surface area contributed by atoms with Gasteiger partial charge >= 0.3 is 0 Å². The molecule has 0 saturated heterocycles. The zero-order valence-corrected chi connectivity index (χ0v) is 11.6. The monoisotopic (exact) mass is 286 g/mol. The Bertz CT molecular complexity index is 518. The number of ether oxygens (including phenoxy) is 1. The molecule has 0 amide bonds. The number of halogens is 2. The first-order valence-electron chi connectivity index (χ1n) is 5.01. The fourth-order valence-electron chi connectivity index (χ4n) is 1.67. The van der Waals surface area contributed by atoms with Crippen LogP contribution in [0.2, 0.25) is 0 Å². The minimum absolute atomic E-state index is 0. The SMILES string of the molecule is COc1ccccc1-c1cc(N)ccc1N.Cl.Cl. The molecule has 0 radical (unpaired) electrons. The van der Waals surface area contributed by atoms with Crippen LogP contribution in [0.15, 0.2) is 42.5 Å². The fourth-order valence-corrected chi connectivity index (χ4v) is 1.67. The summed E-state index contributed by atoms with van der Waals surface area (Å²) in [4.78, 5) is 0. The number of rotatable bonds is 2. The summed E-state index contributed by atoms with van der Waals surface area (Å²) >= 11 is 0. The lowest BCUT2D eigenvalue weighted by Crippen LogP contribution is -1.94. The molecule has 0 spiro atoms. The van der Waals surface area contributed by atoms with Gasteiger partial charge in [0.25, 0.3) is 0 Å². The van der Waals surface area contributed by atoms with Crippen LogP contribution in [0, 0.1) is 0 Å². The second-order valence-electron chi connectivity index (χ2n) is 3.55. The quantitative estimate of drug-likeness (QED) is 0.832. The van der Waals surface area contributed by atoms with E-state index in [0.29, 0.717) is 11.4 Å². The molecule has 0 bridgehead atoms. The summed E-state index contributed by atoms with van der Waals surface area (Å²) in [5.74, 6) is 0.791. The molecule has 2 aromatic carbocycles. The average Bonchev–Trinajstić information content (AvgIpc) is 2.32. The van der Waals surface area contributed by atoms with E-state index in [1.807, 2.05) is 30.3 Å². The minimum atomic E-state index is 0. The van der Waals surface area contributed by atoms with Crippen molar-refractivity contribution in [1.29, 1.82) is 0 Å². The van der Waals surface area contributed by atoms with Crippen LogP contribution >= 0.6 is 24.8 Å². The third-order valence-electron chi connectivity index (χ3n) is 2.47. The summed E-state index contributed by atoms with van der Waals surface area (Å²) in [6.45, 7) is 0. The molecule has 5 heteroatoms. The zero-order chi connectivity index (χ0) is 11.5. The highest BCUT2D eigenvalue weighted by atomic mass is 35.5. The number of anilines is 2. The van der Waals surface area contributed by atoms with Crippen molar-refractivity contribution in [3.05, 3.63) is 42.5 Å². The predicted molar refractivity (Wildman–Crippen MR) is 81.8 cm³/mol. The summed E-state index contributed by atoms with van der Waals surface area (Å²) in [6.07, 6.45) is 0. The van der Waals surface area contributed by atoms with Gasteiger partial charge in [0, 0.05) is 22.5 Å². The second-order valence-corrected chi connectivity index (χ2v) is 3.55. The summed E-state index contributed by atoms with van der Waals surface area (Å²) in [6, 6.07) is 13.2. The van der Waals surface area contributed by atoms with E-state index in [1.165, 1.54) is 0 Å². The molecule has 0 aliphatic carbocycles. The Morgan fingerprint density at radius 2 is 1.56 bits per heavy atom. The minimum Gasteiger partial charge on any atom is -0.496 e. The lowest BCUT2D eigenvalue weighted by molar-refractivity contribution is 0.416. The van der Waals surface area contributed by atoms with Crippen LogP contribution in [0.3, 0.4) is 0 Å². The van der Waals surface area contributed by atoms with Gasteiger partial charge in [-0.3, -0.25) is 0 Å². The van der Waals surface area contributed by atoms with Gasteiger partial charge in [0.15, 0.2) is 0 Å². The molecule has 0 heterocycles. The van der Waals surface area contributed by atoms with E-state index in [2.05, 4.69) is 0 Å². The van der Waals surface area contributed by atoms with Gasteiger partial charge in [-0.05, 0) is 24.3 Å². The van der Waals surface area contributed by atoms with E-state index in [0.717, 1.165) is 16.9 Å². The number of hydrogen-bond donors (Lipinski definition) is 2. The lowest BCUT2D eigenvalue weighted by atomic mass is 10.0. The predicted octanol–water partition coefficient (Wildman–Crippen LogP) is 3.37. The Labute approximate surface area is 119 Å². The Morgan fingerprint density at radius 1 is 0.889 bits per heavy atom. The van der Waals surface area contributed by atoms with E-state index in [9.17, 15) is 0 Å². The van der Waals surface area contributed by atoms with E-state index < -0.39 is 0 Å². The van der Waals surface area contributed by atoms with Gasteiger partial charge in [-0.2, -0.15) is 0 Å². The second kappa shape index (κ2) is 6.99. The molecule has 18 heavy (non-hydrogen) atoms. The van der Waals surface area contributed by atoms with E-state index in [1.54, 1.807) is 19.2 Å². The number of nitrogen functional groups attached to an aromatic ring is 2. The largest absolute Gasteiger partial charge is 0.496 e. The van der Waals surface area contributed by atoms with Crippen LogP contribution in [0.1, 0.15) is 0 Å². The van der Waals surface area contributed by atoms with Crippen LogP contribution in [0.25, 0.3) is 11.1 Å². The molecule has 2 aromatic rings. The summed E-state index contributed by atoms with van der Waals surface area (Å²) in [5, 5.41) is 0. The maximum absolute atomic E-state index is 5.93. The molecule has 0 atom stereocenters. The molecular formula is C13H16Cl2N2O. The first-order chi connectivity index (χ1) is 7.72. The third kappa shape index (κ3) is 3.22. The maximum atomic E-state index is 5.93. The first-order valence-corrected chi connectivity index (χ1v) is 5.01. The van der Waals surface area contributed by atoms with Gasteiger partial charge in [0.1, 0.15) is 5.75 Å². The van der Waals surface area contributed by atoms with Gasteiger partial charge < -0.3 is 16.2 Å². The number of methoxy groups -OCH3 is 1. The molecule has 0 unspecified atom stereocenters. The zero-order valence-electron chi connectivity index (χ0n) is 9.92. The molecule has 0 fully saturated rings. The van der Waals surface area contributed by atoms with Crippen molar-refractivity contribution in [1.82, 2.24) is 0 Å². The van der Waals surface area contributed by atoms with Crippen LogP contribution in [0.4, 0.5) is 11.4 Å². The van der Waals surface area contributed by atoms with Crippen LogP contribution in [-0.4, -0.2) is 7.11 Å². The number of hydrogen-bond acceptors (Lipinski definition) is 3. The Morgan fingerprint density at radius 3 is 2.22 bits per heavy atom. The maximum Gasteiger partial charge on any atom is 0.126 e. The van der Waals surface area contributed by atoms with E-state index >= 15 is 0 Å². The summed E-state index contributed by atoms with van der Waals surface area (Å²) in [7, 11) is 1.64. The number of benzene rings is 2. The fraction of sp³-hybridized carbons (Fsp3) is 0.0769. The molecule has 0 aliphatic rings. The molecule has 2 rings (SSSR count). The van der Waals surface area contributed by atoms with E-state index in [-0.39, 0.29) is 24.8 Å². The highest BCUT2D eigenvalue weighted by molar-refractivity contribution is 5.85. The Balaban J connectivity index is 0.00000144. The van der Waals surface area contributed by atoms with Gasteiger partial charge in [0.05, 0.1) is 7.11 Å². The van der Waals surface area contributed by atoms with Gasteiger partial charge in [0.2, 0.25) is 0 Å². The first kappa shape index (κ1) is 16.4. The van der Waals surface area contributed by atoms with Crippen molar-refractivity contribution in [2.75, 3.05) is 18.6 Å². The van der Waals surface area contributed by atoms with Gasteiger partial charge in [-0.1, -0.05) is 18.2 Å². The molecule has 3 nitrogen and oxygen atoms in total. The smallest absolute Gasteiger partial charge is 0.126 e. The normalized spacial score (nSPS) is 8.94. The molecule has 0 aliphatic heterocycles. The van der Waals surface area contributed by atoms with Crippen molar-refractivity contribution in [2.45, 2.75) is 0 Å². The van der Waals surface area contributed by atoms with Crippen molar-refractivity contribution in [3.63, 3.8) is 0 Å². The standard InChI is InChI=1S/C13H14N2O.2ClH/c1-16-13-5-3-2-4-10(13)11-8-9(14)6-7-12(11)15;;/h2-8H,14-15H2,1H3;2*1H. The third-order valence-corrected chi connectivity index (χ3v) is 2.47. The summed E-state index contributed by atoms with van der Waals surface area (Å²) < 4.78 is 5.30. The molecule has 98 valence electrons. The number of para-hydroxylation sites is 1. The summed E-state index contributed by atoms with van der Waals surface area (Å²) in [5.41, 5.74) is 14.9. The lowest BCUT2D eigenvalue weighted by Gasteiger charge is -2.11. The molecule has 0 saturated carbocycles. The highest BCUT2D eigenvalue weighted by Gasteiger charge is 2.08. The Hall–Kier alpha value is -1.58. The van der Waals surface area contributed by atoms with Crippen LogP contribution < -0.4 is 16.2 Å². The topological polar surface area (TPSA) is 61.3 Å². The highest BCUT2D eigenvalue weighted by Crippen LogP contribution is 2.34. The van der Waals surface area contributed by atoms with Crippen LogP contribution in [0.5, 0.6) is 5.75 Å². The van der Waals surface area contributed by atoms with Crippen molar-refractivity contribution >= 4 is 36.2 Å². The van der Waals surface area contributed by atoms with Crippen molar-refractivity contribution in [3.8, 4) is 16.9 Å². The van der Waals surface area contributed by atoms with E-state index in [4.69, 9.17) is 16.2 Å². The molecular weight excluding hydrogens is 271 g/mol. The van der Waals surface area contributed by atoms with Crippen LogP contribution in [-0.2, 0) is 0 Å². The van der Waals surface area contributed by atoms with Crippen molar-refractivity contribution in [2.24, 2.45) is 0 Å². The average molecular weight is 287 g/mol. The van der Waals surface area contributed by atoms with Crippen molar-refractivity contribution < 1.29 is 4.74 Å².